The van der Waals surface area contributed by atoms with Gasteiger partial charge in [-0.05, 0) is 44.6 Å². The number of aliphatic imine (C=N–C) groups is 1. The van der Waals surface area contributed by atoms with Gasteiger partial charge in [-0.3, -0.25) is 4.99 Å². The van der Waals surface area contributed by atoms with E-state index in [0.717, 1.165) is 49.5 Å². The maximum Gasteiger partial charge on any atom is 0.191 e. The number of aryl methyl sites for hydroxylation is 2. The maximum absolute atomic E-state index is 4.49. The van der Waals surface area contributed by atoms with E-state index in [4.69, 9.17) is 0 Å². The molecule has 2 unspecified atom stereocenters. The van der Waals surface area contributed by atoms with Crippen LogP contribution >= 0.6 is 0 Å². The predicted octanol–water partition coefficient (Wildman–Crippen LogP) is 1.43. The van der Waals surface area contributed by atoms with E-state index < -0.39 is 0 Å². The van der Waals surface area contributed by atoms with Crippen LogP contribution in [-0.2, 0) is 13.0 Å². The Hall–Kier alpha value is -1.63. The average molecular weight is 362 g/mol. The zero-order chi connectivity index (χ0) is 18.5. The van der Waals surface area contributed by atoms with Crippen LogP contribution in [0.1, 0.15) is 44.8 Å². The predicted molar refractivity (Wildman–Crippen MR) is 105 cm³/mol. The second-order valence-electron chi connectivity index (χ2n) is 8.25. The molecule has 0 radical (unpaired) electrons. The molecule has 2 aliphatic heterocycles. The normalized spacial score (nSPS) is 24.6. The third-order valence-corrected chi connectivity index (χ3v) is 5.31. The lowest BCUT2D eigenvalue weighted by Crippen LogP contribution is -2.49. The van der Waals surface area contributed by atoms with E-state index in [1.54, 1.807) is 0 Å². The fraction of sp³-hybridized carbons (Fsp3) is 0.842. The van der Waals surface area contributed by atoms with Crippen LogP contribution in [0, 0.1) is 18.8 Å². The van der Waals surface area contributed by atoms with E-state index in [9.17, 15) is 0 Å². The van der Waals surface area contributed by atoms with Crippen LogP contribution < -0.4 is 10.6 Å². The number of nitrogens with zero attached hydrogens (tertiary/aromatic N) is 5. The zero-order valence-electron chi connectivity index (χ0n) is 16.8. The van der Waals surface area contributed by atoms with E-state index in [0.29, 0.717) is 12.0 Å². The van der Waals surface area contributed by atoms with Crippen molar-refractivity contribution in [3.63, 3.8) is 0 Å². The Morgan fingerprint density at radius 1 is 1.31 bits per heavy atom. The Bertz CT molecular complexity index is 607. The van der Waals surface area contributed by atoms with Crippen molar-refractivity contribution in [3.05, 3.63) is 11.6 Å². The number of guanidine groups is 1. The first kappa shape index (κ1) is 19.1. The SMILES string of the molecule is CN=C(NCC1CCCN(CC(C)C)C1)NC1CCc2nc(C)nn2C1. The van der Waals surface area contributed by atoms with Crippen molar-refractivity contribution < 1.29 is 0 Å². The van der Waals surface area contributed by atoms with Crippen molar-refractivity contribution in [1.82, 2.24) is 30.3 Å². The molecule has 1 saturated heterocycles. The molecule has 0 saturated carbocycles. The summed E-state index contributed by atoms with van der Waals surface area (Å²) in [5.41, 5.74) is 0. The van der Waals surface area contributed by atoms with Gasteiger partial charge in [0.2, 0.25) is 0 Å². The molecule has 2 atom stereocenters. The summed E-state index contributed by atoms with van der Waals surface area (Å²) in [4.78, 5) is 11.5. The van der Waals surface area contributed by atoms with Crippen LogP contribution in [0.3, 0.4) is 0 Å². The average Bonchev–Trinajstić information content (AvgIpc) is 2.97. The minimum Gasteiger partial charge on any atom is -0.356 e. The molecule has 0 amide bonds. The molecule has 7 nitrogen and oxygen atoms in total. The molecule has 0 bridgehead atoms. The quantitative estimate of drug-likeness (QED) is 0.613. The minimum atomic E-state index is 0.360. The molecule has 146 valence electrons. The molecule has 1 aromatic rings. The highest BCUT2D eigenvalue weighted by atomic mass is 15.4. The first-order chi connectivity index (χ1) is 12.5. The molecule has 2 aliphatic rings. The van der Waals surface area contributed by atoms with Gasteiger partial charge in [-0.1, -0.05) is 13.8 Å². The summed E-state index contributed by atoms with van der Waals surface area (Å²) in [6.45, 7) is 12.1. The lowest BCUT2D eigenvalue weighted by Gasteiger charge is -2.34. The first-order valence-electron chi connectivity index (χ1n) is 10.1. The molecule has 7 heteroatoms. The molecule has 0 aliphatic carbocycles. The summed E-state index contributed by atoms with van der Waals surface area (Å²) in [6.07, 6.45) is 4.67. The highest BCUT2D eigenvalue weighted by Crippen LogP contribution is 2.17. The number of rotatable bonds is 5. The van der Waals surface area contributed by atoms with E-state index in [1.165, 1.54) is 32.5 Å². The molecule has 0 spiro atoms. The Morgan fingerprint density at radius 2 is 2.15 bits per heavy atom. The van der Waals surface area contributed by atoms with Gasteiger partial charge in [0, 0.05) is 39.1 Å². The lowest BCUT2D eigenvalue weighted by molar-refractivity contribution is 0.159. The summed E-state index contributed by atoms with van der Waals surface area (Å²) in [5, 5.41) is 11.6. The van der Waals surface area contributed by atoms with Crippen LogP contribution in [-0.4, -0.2) is 64.9 Å². The van der Waals surface area contributed by atoms with Gasteiger partial charge >= 0.3 is 0 Å². The minimum absolute atomic E-state index is 0.360. The molecule has 0 aromatic carbocycles. The molecule has 3 rings (SSSR count). The zero-order valence-corrected chi connectivity index (χ0v) is 16.8. The third-order valence-electron chi connectivity index (χ3n) is 5.31. The van der Waals surface area contributed by atoms with Crippen LogP contribution in [0.2, 0.25) is 0 Å². The lowest BCUT2D eigenvalue weighted by atomic mass is 9.97. The first-order valence-corrected chi connectivity index (χ1v) is 10.1. The topological polar surface area (TPSA) is 70.4 Å². The van der Waals surface area contributed by atoms with Crippen molar-refractivity contribution in [2.75, 3.05) is 33.2 Å². The fourth-order valence-corrected chi connectivity index (χ4v) is 4.18. The van der Waals surface area contributed by atoms with Gasteiger partial charge in [0.25, 0.3) is 0 Å². The van der Waals surface area contributed by atoms with Crippen molar-refractivity contribution in [1.29, 1.82) is 0 Å². The molecule has 1 fully saturated rings. The molecular weight excluding hydrogens is 326 g/mol. The summed E-state index contributed by atoms with van der Waals surface area (Å²) in [5.74, 6) is 4.34. The monoisotopic (exact) mass is 361 g/mol. The van der Waals surface area contributed by atoms with Crippen molar-refractivity contribution in [2.24, 2.45) is 16.8 Å². The number of fused-ring (bicyclic) bond motifs is 1. The van der Waals surface area contributed by atoms with E-state index in [1.807, 2.05) is 18.7 Å². The molecule has 26 heavy (non-hydrogen) atoms. The Morgan fingerprint density at radius 3 is 2.92 bits per heavy atom. The van der Waals surface area contributed by atoms with Gasteiger partial charge < -0.3 is 15.5 Å². The molecule has 1 aromatic heterocycles. The number of hydrogen-bond acceptors (Lipinski definition) is 4. The van der Waals surface area contributed by atoms with Crippen LogP contribution in [0.15, 0.2) is 4.99 Å². The van der Waals surface area contributed by atoms with Crippen molar-refractivity contribution >= 4 is 5.96 Å². The smallest absolute Gasteiger partial charge is 0.191 e. The van der Waals surface area contributed by atoms with Crippen LogP contribution in [0.4, 0.5) is 0 Å². The van der Waals surface area contributed by atoms with E-state index >= 15 is 0 Å². The highest BCUT2D eigenvalue weighted by molar-refractivity contribution is 5.79. The number of piperidine rings is 1. The van der Waals surface area contributed by atoms with Gasteiger partial charge in [0.1, 0.15) is 11.6 Å². The summed E-state index contributed by atoms with van der Waals surface area (Å²) in [7, 11) is 1.86. The molecule has 2 N–H and O–H groups in total. The number of likely N-dealkylation sites (tertiary alicyclic amines) is 1. The summed E-state index contributed by atoms with van der Waals surface area (Å²) >= 11 is 0. The Kier molecular flexibility index (Phi) is 6.51. The molecule has 3 heterocycles. The highest BCUT2D eigenvalue weighted by Gasteiger charge is 2.23. The standard InChI is InChI=1S/C19H35N7/c1-14(2)11-25-9-5-6-16(12-25)10-21-19(20-4)23-17-7-8-18-22-15(3)24-26(18)13-17/h14,16-17H,5-13H2,1-4H3,(H2,20,21,23). The van der Waals surface area contributed by atoms with E-state index in [-0.39, 0.29) is 0 Å². The van der Waals surface area contributed by atoms with Crippen molar-refractivity contribution in [2.45, 2.75) is 59.0 Å². The summed E-state index contributed by atoms with van der Waals surface area (Å²) < 4.78 is 2.04. The Balaban J connectivity index is 1.45. The van der Waals surface area contributed by atoms with Crippen molar-refractivity contribution in [3.8, 4) is 0 Å². The van der Waals surface area contributed by atoms with Crippen LogP contribution in [0.25, 0.3) is 0 Å². The van der Waals surface area contributed by atoms with Gasteiger partial charge in [-0.2, -0.15) is 5.10 Å². The molecular formula is C19H35N7. The van der Waals surface area contributed by atoms with Gasteiger partial charge in [0.15, 0.2) is 5.96 Å². The second-order valence-corrected chi connectivity index (χ2v) is 8.25. The van der Waals surface area contributed by atoms with Gasteiger partial charge in [0.05, 0.1) is 6.54 Å². The third kappa shape index (κ3) is 5.19. The van der Waals surface area contributed by atoms with E-state index in [2.05, 4.69) is 44.5 Å². The van der Waals surface area contributed by atoms with Gasteiger partial charge in [-0.15, -0.1) is 0 Å². The number of hydrogen-bond donors (Lipinski definition) is 2. The van der Waals surface area contributed by atoms with Gasteiger partial charge in [-0.25, -0.2) is 9.67 Å². The largest absolute Gasteiger partial charge is 0.356 e. The maximum atomic E-state index is 4.49. The Labute approximate surface area is 157 Å². The number of aromatic nitrogens is 3. The second kappa shape index (κ2) is 8.84. The number of nitrogens with one attached hydrogen (secondary N) is 2. The van der Waals surface area contributed by atoms with Crippen LogP contribution in [0.5, 0.6) is 0 Å². The fourth-order valence-electron chi connectivity index (χ4n) is 4.18. The summed E-state index contributed by atoms with van der Waals surface area (Å²) in [6, 6.07) is 0.360.